The molecule has 0 unspecified atom stereocenters. The number of rotatable bonds is 6. The Labute approximate surface area is 213 Å². The second-order valence-electron chi connectivity index (χ2n) is 8.45. The number of imide groups is 1. The predicted molar refractivity (Wildman–Crippen MR) is 139 cm³/mol. The number of aromatic nitrogens is 2. The lowest BCUT2D eigenvalue weighted by Gasteiger charge is -2.22. The summed E-state index contributed by atoms with van der Waals surface area (Å²) in [5.74, 6) is 0.650. The number of nitrogens with zero attached hydrogens (tertiary/aromatic N) is 2. The molecule has 1 aliphatic carbocycles. The Balaban J connectivity index is 0.000000179. The highest BCUT2D eigenvalue weighted by Gasteiger charge is 2.25. The third kappa shape index (κ3) is 7.02. The monoisotopic (exact) mass is 509 g/mol. The first kappa shape index (κ1) is 25.6. The second kappa shape index (κ2) is 12.5. The average molecular weight is 510 g/mol. The highest BCUT2D eigenvalue weighted by Crippen LogP contribution is 2.26. The van der Waals surface area contributed by atoms with Gasteiger partial charge in [-0.3, -0.25) is 14.9 Å². The lowest BCUT2D eigenvalue weighted by molar-refractivity contribution is -0.115. The number of hydrogen-bond donors (Lipinski definition) is 3. The van der Waals surface area contributed by atoms with Crippen molar-refractivity contribution in [1.82, 2.24) is 20.6 Å². The Morgan fingerprint density at radius 3 is 2.72 bits per heavy atom. The molecule has 0 spiro atoms. The minimum atomic E-state index is -0.370. The summed E-state index contributed by atoms with van der Waals surface area (Å²) >= 11 is 0.891. The van der Waals surface area contributed by atoms with Crippen LogP contribution in [0.2, 0.25) is 0 Å². The first-order valence-corrected chi connectivity index (χ1v) is 12.6. The van der Waals surface area contributed by atoms with Gasteiger partial charge in [-0.2, -0.15) is 0 Å². The molecular formula is C26H28FN5O3S. The molecule has 2 aliphatic rings. The summed E-state index contributed by atoms with van der Waals surface area (Å²) < 4.78 is 18.4. The van der Waals surface area contributed by atoms with Crippen molar-refractivity contribution in [2.24, 2.45) is 0 Å². The molecule has 2 aromatic heterocycles. The molecule has 1 saturated carbocycles. The summed E-state index contributed by atoms with van der Waals surface area (Å²) in [4.78, 5) is 31.6. The fourth-order valence-corrected chi connectivity index (χ4v) is 4.73. The molecule has 36 heavy (non-hydrogen) atoms. The van der Waals surface area contributed by atoms with Crippen LogP contribution in [0.3, 0.4) is 0 Å². The number of anilines is 1. The summed E-state index contributed by atoms with van der Waals surface area (Å²) in [5.41, 5.74) is 2.44. The number of nitrogens with one attached hydrogen (secondary N) is 3. The zero-order valence-electron chi connectivity index (χ0n) is 19.9. The molecule has 1 saturated heterocycles. The lowest BCUT2D eigenvalue weighted by atomic mass is 9.96. The first-order chi connectivity index (χ1) is 17.5. The molecule has 3 heterocycles. The van der Waals surface area contributed by atoms with E-state index in [0.717, 1.165) is 35.7 Å². The second-order valence-corrected chi connectivity index (χ2v) is 9.46. The van der Waals surface area contributed by atoms with Crippen molar-refractivity contribution in [2.75, 3.05) is 12.4 Å². The van der Waals surface area contributed by atoms with Crippen LogP contribution < -0.4 is 16.0 Å². The number of furan rings is 1. The molecule has 0 radical (unpaired) electrons. The first-order valence-electron chi connectivity index (χ1n) is 11.8. The van der Waals surface area contributed by atoms with Crippen LogP contribution in [0.25, 0.3) is 17.4 Å². The van der Waals surface area contributed by atoms with Gasteiger partial charge in [0.15, 0.2) is 0 Å². The third-order valence-corrected chi connectivity index (χ3v) is 6.57. The van der Waals surface area contributed by atoms with Gasteiger partial charge in [0.05, 0.1) is 16.9 Å². The van der Waals surface area contributed by atoms with E-state index in [9.17, 15) is 14.0 Å². The number of thioether (sulfide) groups is 1. The van der Waals surface area contributed by atoms with Gasteiger partial charge in [0.25, 0.3) is 11.1 Å². The smallest absolute Gasteiger partial charge is 0.290 e. The van der Waals surface area contributed by atoms with Crippen molar-refractivity contribution < 1.29 is 18.4 Å². The van der Waals surface area contributed by atoms with Gasteiger partial charge in [-0.05, 0) is 73.6 Å². The molecule has 3 N–H and O–H groups in total. The van der Waals surface area contributed by atoms with Crippen molar-refractivity contribution in [3.8, 4) is 11.3 Å². The van der Waals surface area contributed by atoms with Crippen molar-refractivity contribution in [1.29, 1.82) is 0 Å². The van der Waals surface area contributed by atoms with Crippen molar-refractivity contribution in [3.63, 3.8) is 0 Å². The summed E-state index contributed by atoms with van der Waals surface area (Å²) in [5, 5.41) is 8.26. The lowest BCUT2D eigenvalue weighted by Crippen LogP contribution is -2.23. The van der Waals surface area contributed by atoms with Gasteiger partial charge in [-0.1, -0.05) is 25.3 Å². The Kier molecular flexibility index (Phi) is 8.85. The molecule has 0 atom stereocenters. The van der Waals surface area contributed by atoms with Gasteiger partial charge < -0.3 is 15.1 Å². The van der Waals surface area contributed by atoms with E-state index in [1.807, 2.05) is 13.1 Å². The summed E-state index contributed by atoms with van der Waals surface area (Å²) in [6, 6.07) is 10.5. The van der Waals surface area contributed by atoms with Gasteiger partial charge in [0.2, 0.25) is 5.95 Å². The molecule has 10 heteroatoms. The SMILES string of the molecule is CNCc1ccc(F)cc1-c1ccco1.O=C1NC(=O)/C(=C/c2ccnc(NC3CCCCC3)n2)S1. The Hall–Kier alpha value is -3.50. The molecule has 8 nitrogen and oxygen atoms in total. The van der Waals surface area contributed by atoms with Gasteiger partial charge in [0, 0.05) is 24.3 Å². The summed E-state index contributed by atoms with van der Waals surface area (Å²) in [6.07, 6.45) is 10.9. The molecule has 2 fully saturated rings. The number of halogens is 1. The molecule has 5 rings (SSSR count). The van der Waals surface area contributed by atoms with Gasteiger partial charge in [-0.15, -0.1) is 0 Å². The largest absolute Gasteiger partial charge is 0.464 e. The quantitative estimate of drug-likeness (QED) is 0.382. The molecule has 2 amide bonds. The normalized spacial score (nSPS) is 17.0. The number of benzene rings is 1. The molecule has 1 aliphatic heterocycles. The van der Waals surface area contributed by atoms with E-state index < -0.39 is 0 Å². The Morgan fingerprint density at radius 1 is 1.19 bits per heavy atom. The van der Waals surface area contributed by atoms with Crippen LogP contribution in [-0.4, -0.2) is 34.2 Å². The standard InChI is InChI=1S/C14H16N4O2S.C12H12FNO/c19-12-11(21-14(20)18-12)8-10-6-7-15-13(17-10)16-9-4-2-1-3-5-9;1-14-8-9-4-5-10(13)7-11(9)12-3-2-6-15-12/h6-9H,1-5H2,(H,15,16,17)(H,18,19,20);2-7,14H,8H2,1H3/b11-8-;. The molecule has 3 aromatic rings. The summed E-state index contributed by atoms with van der Waals surface area (Å²) in [6.45, 7) is 0.691. The molecule has 188 valence electrons. The Morgan fingerprint density at radius 2 is 2.03 bits per heavy atom. The van der Waals surface area contributed by atoms with Gasteiger partial charge in [0.1, 0.15) is 11.6 Å². The van der Waals surface area contributed by atoms with E-state index in [0.29, 0.717) is 34.9 Å². The van der Waals surface area contributed by atoms with Crippen LogP contribution in [0.15, 0.2) is 58.2 Å². The highest BCUT2D eigenvalue weighted by molar-refractivity contribution is 8.18. The van der Waals surface area contributed by atoms with E-state index in [4.69, 9.17) is 4.42 Å². The van der Waals surface area contributed by atoms with Crippen LogP contribution in [0.1, 0.15) is 43.4 Å². The maximum Gasteiger partial charge on any atom is 0.290 e. The maximum atomic E-state index is 13.1. The van der Waals surface area contributed by atoms with Crippen LogP contribution >= 0.6 is 11.8 Å². The molecule has 1 aromatic carbocycles. The van der Waals surface area contributed by atoms with E-state index in [1.54, 1.807) is 36.7 Å². The topological polar surface area (TPSA) is 109 Å². The zero-order chi connectivity index (χ0) is 25.3. The number of hydrogen-bond acceptors (Lipinski definition) is 8. The van der Waals surface area contributed by atoms with E-state index >= 15 is 0 Å². The maximum absolute atomic E-state index is 13.1. The third-order valence-electron chi connectivity index (χ3n) is 5.76. The van der Waals surface area contributed by atoms with Crippen LogP contribution in [0.4, 0.5) is 15.1 Å². The van der Waals surface area contributed by atoms with E-state index in [2.05, 4.69) is 25.9 Å². The fraction of sp³-hybridized carbons (Fsp3) is 0.308. The highest BCUT2D eigenvalue weighted by atomic mass is 32.2. The molecule has 0 bridgehead atoms. The predicted octanol–water partition coefficient (Wildman–Crippen LogP) is 5.35. The van der Waals surface area contributed by atoms with Crippen molar-refractivity contribution >= 4 is 34.9 Å². The van der Waals surface area contributed by atoms with Crippen molar-refractivity contribution in [3.05, 3.63) is 70.8 Å². The number of amides is 2. The van der Waals surface area contributed by atoms with Crippen LogP contribution in [-0.2, 0) is 11.3 Å². The Bertz CT molecular complexity index is 1230. The number of carbonyl (C=O) groups excluding carboxylic acids is 2. The van der Waals surface area contributed by atoms with E-state index in [1.165, 1.54) is 31.4 Å². The molecular weight excluding hydrogens is 481 g/mol. The van der Waals surface area contributed by atoms with Gasteiger partial charge in [-0.25, -0.2) is 14.4 Å². The zero-order valence-corrected chi connectivity index (χ0v) is 20.7. The van der Waals surface area contributed by atoms with E-state index in [-0.39, 0.29) is 17.0 Å². The van der Waals surface area contributed by atoms with Crippen molar-refractivity contribution in [2.45, 2.75) is 44.7 Å². The number of carbonyl (C=O) groups is 2. The van der Waals surface area contributed by atoms with Crippen LogP contribution in [0, 0.1) is 5.82 Å². The minimum Gasteiger partial charge on any atom is -0.464 e. The van der Waals surface area contributed by atoms with Gasteiger partial charge >= 0.3 is 0 Å². The average Bonchev–Trinajstić information content (AvgIpc) is 3.51. The summed E-state index contributed by atoms with van der Waals surface area (Å²) in [7, 11) is 1.86. The fourth-order valence-electron chi connectivity index (χ4n) is 4.06. The minimum absolute atomic E-state index is 0.249. The van der Waals surface area contributed by atoms with Crippen LogP contribution in [0.5, 0.6) is 0 Å².